The van der Waals surface area contributed by atoms with E-state index in [-0.39, 0.29) is 24.8 Å². The van der Waals surface area contributed by atoms with Crippen molar-refractivity contribution in [3.8, 4) is 5.75 Å². The Morgan fingerprint density at radius 1 is 1.04 bits per heavy atom. The van der Waals surface area contributed by atoms with Crippen LogP contribution < -0.4 is 15.4 Å². The zero-order valence-corrected chi connectivity index (χ0v) is 13.3. The lowest BCUT2D eigenvalue weighted by Gasteiger charge is -2.08. The minimum Gasteiger partial charge on any atom is -0.497 e. The molecule has 0 spiro atoms. The Kier molecular flexibility index (Phi) is 5.74. The third-order valence-electron chi connectivity index (χ3n) is 3.27. The van der Waals surface area contributed by atoms with E-state index < -0.39 is 0 Å². The van der Waals surface area contributed by atoms with Gasteiger partial charge in [-0.25, -0.2) is 0 Å². The number of carbonyl (C=O) groups is 2. The smallest absolute Gasteiger partial charge is 0.243 e. The van der Waals surface area contributed by atoms with Gasteiger partial charge < -0.3 is 15.4 Å². The van der Waals surface area contributed by atoms with Gasteiger partial charge in [-0.3, -0.25) is 9.59 Å². The summed E-state index contributed by atoms with van der Waals surface area (Å²) in [5, 5.41) is 5.36. The van der Waals surface area contributed by atoms with Crippen molar-refractivity contribution in [3.05, 3.63) is 59.7 Å². The van der Waals surface area contributed by atoms with E-state index in [0.717, 1.165) is 22.6 Å². The van der Waals surface area contributed by atoms with Crippen LogP contribution in [0.1, 0.15) is 11.1 Å². The highest BCUT2D eigenvalue weighted by Gasteiger charge is 2.07. The molecule has 2 aromatic rings. The fourth-order valence-electron chi connectivity index (χ4n) is 2.10. The molecular formula is C18H20N2O3. The second-order valence-electron chi connectivity index (χ2n) is 5.22. The van der Waals surface area contributed by atoms with Gasteiger partial charge in [-0.2, -0.15) is 0 Å². The van der Waals surface area contributed by atoms with Crippen LogP contribution in [-0.4, -0.2) is 25.5 Å². The van der Waals surface area contributed by atoms with Crippen molar-refractivity contribution in [1.82, 2.24) is 5.32 Å². The molecule has 0 fully saturated rings. The van der Waals surface area contributed by atoms with Gasteiger partial charge in [0.2, 0.25) is 11.8 Å². The molecule has 0 bridgehead atoms. The Morgan fingerprint density at radius 2 is 1.78 bits per heavy atom. The van der Waals surface area contributed by atoms with E-state index in [2.05, 4.69) is 10.6 Å². The van der Waals surface area contributed by atoms with Crippen LogP contribution >= 0.6 is 0 Å². The first-order chi connectivity index (χ1) is 11.1. The van der Waals surface area contributed by atoms with Gasteiger partial charge in [0.25, 0.3) is 0 Å². The highest BCUT2D eigenvalue weighted by Crippen LogP contribution is 2.11. The molecular weight excluding hydrogens is 292 g/mol. The summed E-state index contributed by atoms with van der Waals surface area (Å²) in [6, 6.07) is 14.7. The number of hydrogen-bond acceptors (Lipinski definition) is 3. The molecule has 0 saturated heterocycles. The molecule has 0 aliphatic carbocycles. The Bertz CT molecular complexity index is 681. The summed E-state index contributed by atoms with van der Waals surface area (Å²) in [4.78, 5) is 23.7. The van der Waals surface area contributed by atoms with Crippen LogP contribution in [0.5, 0.6) is 5.75 Å². The number of anilines is 1. The van der Waals surface area contributed by atoms with Gasteiger partial charge in [0.1, 0.15) is 5.75 Å². The predicted octanol–water partition coefficient (Wildman–Crippen LogP) is 2.30. The number of methoxy groups -OCH3 is 1. The zero-order chi connectivity index (χ0) is 16.7. The summed E-state index contributed by atoms with van der Waals surface area (Å²) < 4.78 is 5.06. The van der Waals surface area contributed by atoms with Gasteiger partial charge >= 0.3 is 0 Å². The summed E-state index contributed by atoms with van der Waals surface area (Å²) in [6.07, 6.45) is 0.224. The molecule has 0 aromatic heterocycles. The number of aryl methyl sites for hydroxylation is 1. The average Bonchev–Trinajstić information content (AvgIpc) is 2.54. The Labute approximate surface area is 135 Å². The van der Waals surface area contributed by atoms with Crippen LogP contribution in [0.25, 0.3) is 0 Å². The van der Waals surface area contributed by atoms with Crippen molar-refractivity contribution < 1.29 is 14.3 Å². The summed E-state index contributed by atoms with van der Waals surface area (Å²) >= 11 is 0. The summed E-state index contributed by atoms with van der Waals surface area (Å²) in [7, 11) is 1.59. The minimum absolute atomic E-state index is 0.0526. The van der Waals surface area contributed by atoms with E-state index in [1.807, 2.05) is 43.3 Å². The molecule has 0 radical (unpaired) electrons. The zero-order valence-electron chi connectivity index (χ0n) is 13.3. The first-order valence-electron chi connectivity index (χ1n) is 7.33. The van der Waals surface area contributed by atoms with Crippen LogP contribution in [0.2, 0.25) is 0 Å². The molecule has 23 heavy (non-hydrogen) atoms. The van der Waals surface area contributed by atoms with Gasteiger partial charge in [0.15, 0.2) is 0 Å². The van der Waals surface area contributed by atoms with Gasteiger partial charge in [-0.15, -0.1) is 0 Å². The minimum atomic E-state index is -0.251. The summed E-state index contributed by atoms with van der Waals surface area (Å²) in [5.74, 6) is 0.292. The third-order valence-corrected chi connectivity index (χ3v) is 3.27. The van der Waals surface area contributed by atoms with Crippen LogP contribution in [0, 0.1) is 6.92 Å². The van der Waals surface area contributed by atoms with Crippen molar-refractivity contribution in [1.29, 1.82) is 0 Å². The van der Waals surface area contributed by atoms with Gasteiger partial charge in [-0.1, -0.05) is 24.3 Å². The standard InChI is InChI=1S/C18H20N2O3/c1-13-4-3-5-15(10-13)20-18(22)12-19-17(21)11-14-6-8-16(23-2)9-7-14/h3-10H,11-12H2,1-2H3,(H,19,21)(H,20,22). The molecule has 5 nitrogen and oxygen atoms in total. The predicted molar refractivity (Wildman–Crippen MR) is 89.5 cm³/mol. The molecule has 0 saturated carbocycles. The number of rotatable bonds is 6. The van der Waals surface area contributed by atoms with Gasteiger partial charge in [-0.05, 0) is 42.3 Å². The van der Waals surface area contributed by atoms with Gasteiger partial charge in [0, 0.05) is 5.69 Å². The molecule has 2 rings (SSSR count). The van der Waals surface area contributed by atoms with E-state index in [1.54, 1.807) is 19.2 Å². The third kappa shape index (κ3) is 5.47. The monoisotopic (exact) mass is 312 g/mol. The van der Waals surface area contributed by atoms with Crippen LogP contribution in [-0.2, 0) is 16.0 Å². The van der Waals surface area contributed by atoms with E-state index in [4.69, 9.17) is 4.74 Å². The molecule has 0 heterocycles. The highest BCUT2D eigenvalue weighted by molar-refractivity contribution is 5.94. The second-order valence-corrected chi connectivity index (χ2v) is 5.22. The van der Waals surface area contributed by atoms with Crippen molar-refractivity contribution in [2.45, 2.75) is 13.3 Å². The molecule has 2 aromatic carbocycles. The number of hydrogen-bond donors (Lipinski definition) is 2. The summed E-state index contributed by atoms with van der Waals surface area (Å²) in [6.45, 7) is 1.90. The van der Waals surface area contributed by atoms with E-state index >= 15 is 0 Å². The fraction of sp³-hybridized carbons (Fsp3) is 0.222. The first-order valence-corrected chi connectivity index (χ1v) is 7.33. The normalized spacial score (nSPS) is 10.0. The van der Waals surface area contributed by atoms with E-state index in [1.165, 1.54) is 0 Å². The lowest BCUT2D eigenvalue weighted by Crippen LogP contribution is -2.33. The molecule has 2 amide bonds. The van der Waals surface area contributed by atoms with Crippen LogP contribution in [0.15, 0.2) is 48.5 Å². The lowest BCUT2D eigenvalue weighted by molar-refractivity contribution is -0.123. The maximum absolute atomic E-state index is 11.9. The van der Waals surface area contributed by atoms with Crippen LogP contribution in [0.3, 0.4) is 0 Å². The number of amides is 2. The van der Waals surface area contributed by atoms with Crippen molar-refractivity contribution in [3.63, 3.8) is 0 Å². The Hall–Kier alpha value is -2.82. The Balaban J connectivity index is 1.78. The average molecular weight is 312 g/mol. The SMILES string of the molecule is COc1ccc(CC(=O)NCC(=O)Nc2cccc(C)c2)cc1. The number of nitrogens with one attached hydrogen (secondary N) is 2. The number of benzene rings is 2. The number of carbonyl (C=O) groups excluding carboxylic acids is 2. The van der Waals surface area contributed by atoms with E-state index in [9.17, 15) is 9.59 Å². The maximum Gasteiger partial charge on any atom is 0.243 e. The lowest BCUT2D eigenvalue weighted by atomic mass is 10.1. The highest BCUT2D eigenvalue weighted by atomic mass is 16.5. The van der Waals surface area contributed by atoms with Crippen LogP contribution in [0.4, 0.5) is 5.69 Å². The molecule has 0 atom stereocenters. The molecule has 0 aliphatic heterocycles. The van der Waals surface area contributed by atoms with Crippen molar-refractivity contribution in [2.75, 3.05) is 19.0 Å². The topological polar surface area (TPSA) is 67.4 Å². The van der Waals surface area contributed by atoms with Crippen molar-refractivity contribution >= 4 is 17.5 Å². The second kappa shape index (κ2) is 7.98. The van der Waals surface area contributed by atoms with E-state index in [0.29, 0.717) is 0 Å². The largest absolute Gasteiger partial charge is 0.497 e. The maximum atomic E-state index is 11.9. The van der Waals surface area contributed by atoms with Gasteiger partial charge in [0.05, 0.1) is 20.1 Å². The molecule has 0 unspecified atom stereocenters. The quantitative estimate of drug-likeness (QED) is 0.860. The summed E-state index contributed by atoms with van der Waals surface area (Å²) in [5.41, 5.74) is 2.65. The molecule has 0 aliphatic rings. The number of ether oxygens (including phenoxy) is 1. The molecule has 2 N–H and O–H groups in total. The van der Waals surface area contributed by atoms with Crippen molar-refractivity contribution in [2.24, 2.45) is 0 Å². The first kappa shape index (κ1) is 16.5. The molecule has 5 heteroatoms. The molecule has 120 valence electrons. The Morgan fingerprint density at radius 3 is 2.43 bits per heavy atom. The fourth-order valence-corrected chi connectivity index (χ4v) is 2.10.